The summed E-state index contributed by atoms with van der Waals surface area (Å²) in [6.07, 6.45) is -6.90. The fourth-order valence-corrected chi connectivity index (χ4v) is 8.58. The molecule has 0 radical (unpaired) electrons. The van der Waals surface area contributed by atoms with E-state index < -0.39 is 100 Å². The highest BCUT2D eigenvalue weighted by atomic mass is 31.2. The van der Waals surface area contributed by atoms with E-state index in [0.29, 0.717) is 12.1 Å². The highest BCUT2D eigenvalue weighted by molar-refractivity contribution is 7.48. The SMILES string of the molecule is CO[C@H]1C(OP(=O)(OCCC#N)OC[C@H]2O[C@@H](n3cnc4c(=O)[nH]c(NCC(C)C)nc43)[C@@H](OC(C)=O)C2OC(C)=O)[C@@H](CO)O[C@H]1n1cnc2c(NC(=O)c3ccccc3)ncnc21. The number of nitrogens with zero attached hydrogens (tertiary/aromatic N) is 8. The Balaban J connectivity index is 1.16. The Morgan fingerprint density at radius 2 is 1.60 bits per heavy atom. The summed E-state index contributed by atoms with van der Waals surface area (Å²) in [5.74, 6) is -1.61. The second kappa shape index (κ2) is 20.3. The number of aliphatic hydroxyl groups is 1. The van der Waals surface area contributed by atoms with Crippen molar-refractivity contribution in [3.63, 3.8) is 0 Å². The maximum atomic E-state index is 14.7. The second-order valence-electron chi connectivity index (χ2n) is 15.1. The molecule has 26 heteroatoms. The summed E-state index contributed by atoms with van der Waals surface area (Å²) in [5, 5.41) is 25.6. The Labute approximate surface area is 369 Å². The Morgan fingerprint density at radius 1 is 0.923 bits per heavy atom. The van der Waals surface area contributed by atoms with Gasteiger partial charge in [-0.1, -0.05) is 32.0 Å². The minimum absolute atomic E-state index is 0.0286. The van der Waals surface area contributed by atoms with E-state index in [0.717, 1.165) is 13.8 Å². The number of rotatable bonds is 19. The number of aromatic nitrogens is 8. The maximum absolute atomic E-state index is 14.7. The molecule has 1 aromatic carbocycles. The molecule has 4 aromatic heterocycles. The van der Waals surface area contributed by atoms with Crippen molar-refractivity contribution in [1.29, 1.82) is 5.26 Å². The first-order chi connectivity index (χ1) is 31.2. The molecule has 0 spiro atoms. The number of carbonyl (C=O) groups excluding carboxylic acids is 3. The van der Waals surface area contributed by atoms with Gasteiger partial charge in [0.15, 0.2) is 52.8 Å². The normalized spacial score (nSPS) is 23.9. The number of benzene rings is 1. The van der Waals surface area contributed by atoms with Crippen LogP contribution in [0.2, 0.25) is 0 Å². The van der Waals surface area contributed by atoms with Gasteiger partial charge in [0, 0.05) is 33.1 Å². The monoisotopic (exact) mass is 923 g/mol. The van der Waals surface area contributed by atoms with E-state index in [-0.39, 0.29) is 46.4 Å². The zero-order valence-corrected chi connectivity index (χ0v) is 36.5. The molecule has 65 heavy (non-hydrogen) atoms. The molecule has 6 heterocycles. The highest BCUT2D eigenvalue weighted by Crippen LogP contribution is 2.54. The van der Waals surface area contributed by atoms with Crippen molar-refractivity contribution in [3.05, 3.63) is 65.2 Å². The third kappa shape index (κ3) is 10.3. The molecular formula is C39H46N11O14P. The fraction of sp³-hybridized carbons (Fsp3) is 0.487. The number of nitrogens with one attached hydrogen (secondary N) is 3. The molecule has 4 N–H and O–H groups in total. The number of aromatic amines is 1. The van der Waals surface area contributed by atoms with Crippen LogP contribution in [-0.4, -0.2) is 132 Å². The van der Waals surface area contributed by atoms with E-state index in [9.17, 15) is 34.1 Å². The number of nitriles is 1. The molecule has 346 valence electrons. The number of fused-ring (bicyclic) bond motifs is 2. The third-order valence-electron chi connectivity index (χ3n) is 10.0. The molecule has 5 aromatic rings. The number of amides is 1. The highest BCUT2D eigenvalue weighted by Gasteiger charge is 2.54. The minimum Gasteiger partial charge on any atom is -0.456 e. The molecule has 1 amide bonds. The van der Waals surface area contributed by atoms with Crippen LogP contribution in [0.25, 0.3) is 22.3 Å². The van der Waals surface area contributed by atoms with Crippen molar-refractivity contribution in [2.45, 2.75) is 83.2 Å². The van der Waals surface area contributed by atoms with Crippen LogP contribution in [0, 0.1) is 17.2 Å². The number of phosphoric ester groups is 1. The summed E-state index contributed by atoms with van der Waals surface area (Å²) < 4.78 is 64.5. The lowest BCUT2D eigenvalue weighted by Crippen LogP contribution is -2.40. The van der Waals surface area contributed by atoms with Gasteiger partial charge >= 0.3 is 19.8 Å². The number of methoxy groups -OCH3 is 1. The fourth-order valence-electron chi connectivity index (χ4n) is 7.18. The number of carbonyl (C=O) groups is 3. The molecule has 0 saturated carbocycles. The maximum Gasteiger partial charge on any atom is 0.475 e. The molecule has 2 aliphatic rings. The van der Waals surface area contributed by atoms with Gasteiger partial charge in [0.2, 0.25) is 5.95 Å². The first-order valence-electron chi connectivity index (χ1n) is 20.2. The molecule has 25 nitrogen and oxygen atoms in total. The van der Waals surface area contributed by atoms with Gasteiger partial charge in [0.1, 0.15) is 30.7 Å². The van der Waals surface area contributed by atoms with E-state index in [1.165, 1.54) is 35.2 Å². The van der Waals surface area contributed by atoms with Gasteiger partial charge < -0.3 is 39.4 Å². The van der Waals surface area contributed by atoms with Crippen molar-refractivity contribution in [2.75, 3.05) is 44.1 Å². The van der Waals surface area contributed by atoms with Crippen LogP contribution in [0.3, 0.4) is 0 Å². The van der Waals surface area contributed by atoms with Crippen LogP contribution in [-0.2, 0) is 51.4 Å². The summed E-state index contributed by atoms with van der Waals surface area (Å²) in [7, 11) is -3.53. The number of imidazole rings is 2. The van der Waals surface area contributed by atoms with Crippen LogP contribution in [0.1, 0.15) is 56.9 Å². The zero-order chi connectivity index (χ0) is 46.4. The van der Waals surface area contributed by atoms with E-state index >= 15 is 0 Å². The number of anilines is 2. The lowest BCUT2D eigenvalue weighted by Gasteiger charge is -2.28. The van der Waals surface area contributed by atoms with Crippen molar-refractivity contribution in [1.82, 2.24) is 39.0 Å². The number of H-pyrrole nitrogens is 1. The van der Waals surface area contributed by atoms with Crippen LogP contribution >= 0.6 is 7.82 Å². The molecule has 0 bridgehead atoms. The van der Waals surface area contributed by atoms with Crippen LogP contribution in [0.4, 0.5) is 11.8 Å². The molecule has 0 aliphatic carbocycles. The standard InChI is InChI=1S/C39H46N11O14P/c1-20(2)14-41-39-47-34-27(36(55)48-39)45-19-50(34)38-31(61-22(4)53)28(60-21(3)52)25(63-38)16-59-65(56,58-13-9-12-40)64-29-24(15-51)62-37(30(29)57-5)49-18-44-26-32(42-17-43-33(26)49)46-35(54)23-10-7-6-8-11-23/h6-8,10-11,17-20,24-25,28-31,37-38,51H,9,13-16H2,1-5H3,(H2,41,47,48,55)(H,42,43,46,54)/t24-,25-,28?,29?,30+,31+,37-,38-,65?/m1/s1. The Bertz CT molecular complexity index is 2650. The van der Waals surface area contributed by atoms with Crippen molar-refractivity contribution < 1.29 is 61.3 Å². The molecule has 3 unspecified atom stereocenters. The summed E-state index contributed by atoms with van der Waals surface area (Å²) in [4.78, 5) is 75.3. The molecule has 9 atom stereocenters. The molecule has 2 fully saturated rings. The van der Waals surface area contributed by atoms with Crippen molar-refractivity contribution >= 4 is 59.8 Å². The topological polar surface area (TPSA) is 317 Å². The number of aliphatic hydroxyl groups excluding tert-OH is 1. The predicted molar refractivity (Wildman–Crippen MR) is 223 cm³/mol. The van der Waals surface area contributed by atoms with Crippen LogP contribution < -0.4 is 16.2 Å². The third-order valence-corrected chi connectivity index (χ3v) is 11.5. The Hall–Kier alpha value is -6.23. The summed E-state index contributed by atoms with van der Waals surface area (Å²) >= 11 is 0. The number of hydrogen-bond acceptors (Lipinski definition) is 21. The van der Waals surface area contributed by atoms with Crippen molar-refractivity contribution in [2.24, 2.45) is 5.92 Å². The van der Waals surface area contributed by atoms with Gasteiger partial charge in [-0.25, -0.2) is 24.5 Å². The average Bonchev–Trinajstić information content (AvgIpc) is 4.06. The van der Waals surface area contributed by atoms with Gasteiger partial charge in [0.25, 0.3) is 11.5 Å². The van der Waals surface area contributed by atoms with Gasteiger partial charge in [-0.05, 0) is 18.1 Å². The quantitative estimate of drug-likeness (QED) is 0.0525. The first-order valence-corrected chi connectivity index (χ1v) is 21.7. The Morgan fingerprint density at radius 3 is 2.28 bits per heavy atom. The molecular weight excluding hydrogens is 877 g/mol. The molecule has 2 saturated heterocycles. The number of hydrogen-bond donors (Lipinski definition) is 4. The van der Waals surface area contributed by atoms with Gasteiger partial charge in [0.05, 0.1) is 45.0 Å². The summed E-state index contributed by atoms with van der Waals surface area (Å²) in [6.45, 7) is 4.79. The summed E-state index contributed by atoms with van der Waals surface area (Å²) in [5.41, 5.74) is 0.132. The smallest absolute Gasteiger partial charge is 0.456 e. The van der Waals surface area contributed by atoms with Gasteiger partial charge in [-0.3, -0.25) is 46.9 Å². The first kappa shape index (κ1) is 46.8. The van der Waals surface area contributed by atoms with E-state index in [1.54, 1.807) is 30.3 Å². The van der Waals surface area contributed by atoms with E-state index in [1.807, 2.05) is 19.9 Å². The lowest BCUT2D eigenvalue weighted by molar-refractivity contribution is -0.165. The number of phosphoric acid groups is 1. The Kier molecular flexibility index (Phi) is 14.6. The second-order valence-corrected chi connectivity index (χ2v) is 16.7. The van der Waals surface area contributed by atoms with Gasteiger partial charge in [-0.2, -0.15) is 10.2 Å². The minimum atomic E-state index is -4.85. The van der Waals surface area contributed by atoms with E-state index in [4.69, 9.17) is 37.3 Å². The predicted octanol–water partition coefficient (Wildman–Crippen LogP) is 2.39. The van der Waals surface area contributed by atoms with Crippen LogP contribution in [0.15, 0.2) is 54.1 Å². The van der Waals surface area contributed by atoms with Crippen LogP contribution in [0.5, 0.6) is 0 Å². The zero-order valence-electron chi connectivity index (χ0n) is 35.6. The molecule has 7 rings (SSSR count). The van der Waals surface area contributed by atoms with Crippen molar-refractivity contribution in [3.8, 4) is 6.07 Å². The summed E-state index contributed by atoms with van der Waals surface area (Å²) in [6, 6.07) is 10.3. The number of ether oxygens (including phenoxy) is 5. The lowest BCUT2D eigenvalue weighted by atomic mass is 10.1. The number of esters is 2. The average molecular weight is 924 g/mol. The van der Waals surface area contributed by atoms with E-state index in [2.05, 4.69) is 40.5 Å². The molecule has 2 aliphatic heterocycles. The largest absolute Gasteiger partial charge is 0.475 e. The van der Waals surface area contributed by atoms with Gasteiger partial charge in [-0.15, -0.1) is 0 Å².